The third-order valence-corrected chi connectivity index (χ3v) is 4.95. The zero-order valence-corrected chi connectivity index (χ0v) is 15.7. The minimum atomic E-state index is -0.778. The molecule has 1 N–H and O–H groups in total. The molecule has 27 heavy (non-hydrogen) atoms. The molecule has 1 aliphatic rings. The van der Waals surface area contributed by atoms with Crippen molar-refractivity contribution in [1.82, 2.24) is 4.90 Å². The van der Waals surface area contributed by atoms with E-state index in [4.69, 9.17) is 0 Å². The number of Topliss-reactive ketones (excluding diaryl/α,β-unsaturated/α-hetero) is 1. The highest BCUT2D eigenvalue weighted by Crippen LogP contribution is 2.24. The lowest BCUT2D eigenvalue weighted by atomic mass is 10.0. The van der Waals surface area contributed by atoms with Gasteiger partial charge < -0.3 is 10.0 Å². The van der Waals surface area contributed by atoms with Gasteiger partial charge >= 0.3 is 5.97 Å². The zero-order chi connectivity index (χ0) is 19.2. The molecule has 0 bridgehead atoms. The van der Waals surface area contributed by atoms with Gasteiger partial charge in [-0.25, -0.2) is 0 Å². The van der Waals surface area contributed by atoms with E-state index in [0.717, 1.165) is 37.4 Å². The van der Waals surface area contributed by atoms with E-state index in [0.29, 0.717) is 6.42 Å². The fourth-order valence-electron chi connectivity index (χ4n) is 3.71. The second-order valence-electron chi connectivity index (χ2n) is 7.21. The maximum atomic E-state index is 11.4. The second-order valence-corrected chi connectivity index (χ2v) is 7.21. The summed E-state index contributed by atoms with van der Waals surface area (Å²) in [5, 5.41) is 9.37. The summed E-state index contributed by atoms with van der Waals surface area (Å²) in [4.78, 5) is 27.2. The monoisotopic (exact) mass is 366 g/mol. The van der Waals surface area contributed by atoms with Gasteiger partial charge in [0.05, 0.1) is 12.5 Å². The number of anilines is 1. The van der Waals surface area contributed by atoms with Crippen LogP contribution in [0.4, 0.5) is 5.69 Å². The number of ketones is 1. The zero-order valence-electron chi connectivity index (χ0n) is 15.7. The Morgan fingerprint density at radius 2 is 1.70 bits per heavy atom. The molecule has 0 saturated carbocycles. The van der Waals surface area contributed by atoms with Crippen molar-refractivity contribution in [3.05, 3.63) is 65.7 Å². The molecule has 0 spiro atoms. The van der Waals surface area contributed by atoms with Crippen LogP contribution in [-0.4, -0.2) is 47.4 Å². The first kappa shape index (κ1) is 19.1. The Balaban J connectivity index is 1.71. The van der Waals surface area contributed by atoms with Crippen LogP contribution in [0.25, 0.3) is 0 Å². The number of aliphatic carboxylic acids is 1. The minimum absolute atomic E-state index is 0.0707. The highest BCUT2D eigenvalue weighted by atomic mass is 16.4. The fraction of sp³-hybridized carbons (Fsp3) is 0.364. The standard InChI is InChI=1S/C22H26N2O3/c1-17(25)13-18-7-9-20(10-8-18)24-12-11-23(16-21(24)14-22(26)27)15-19-5-3-2-4-6-19/h2-10,21H,11-16H2,1H3,(H,26,27). The van der Waals surface area contributed by atoms with Gasteiger partial charge in [0, 0.05) is 38.3 Å². The molecule has 1 unspecified atom stereocenters. The maximum absolute atomic E-state index is 11.4. The van der Waals surface area contributed by atoms with Gasteiger partial charge in [-0.3, -0.25) is 14.5 Å². The number of nitrogens with zero attached hydrogens (tertiary/aromatic N) is 2. The molecule has 0 aliphatic carbocycles. The molecule has 0 aromatic heterocycles. The lowest BCUT2D eigenvalue weighted by Crippen LogP contribution is -2.53. The summed E-state index contributed by atoms with van der Waals surface area (Å²) in [6.07, 6.45) is 0.546. The molecular formula is C22H26N2O3. The van der Waals surface area contributed by atoms with Crippen molar-refractivity contribution in [2.75, 3.05) is 24.5 Å². The van der Waals surface area contributed by atoms with Crippen LogP contribution in [0.2, 0.25) is 0 Å². The first-order chi connectivity index (χ1) is 13.0. The number of carbonyl (C=O) groups is 2. The topological polar surface area (TPSA) is 60.9 Å². The summed E-state index contributed by atoms with van der Waals surface area (Å²) in [7, 11) is 0. The van der Waals surface area contributed by atoms with E-state index in [1.165, 1.54) is 5.56 Å². The van der Waals surface area contributed by atoms with E-state index in [1.807, 2.05) is 42.5 Å². The van der Waals surface area contributed by atoms with Gasteiger partial charge in [-0.2, -0.15) is 0 Å². The predicted octanol–water partition coefficient (Wildman–Crippen LogP) is 2.98. The molecule has 0 amide bonds. The summed E-state index contributed by atoms with van der Waals surface area (Å²) in [6, 6.07) is 18.1. The van der Waals surface area contributed by atoms with Crippen molar-refractivity contribution in [3.63, 3.8) is 0 Å². The average molecular weight is 366 g/mol. The molecule has 0 radical (unpaired) electrons. The van der Waals surface area contributed by atoms with Crippen molar-refractivity contribution in [3.8, 4) is 0 Å². The Labute approximate surface area is 160 Å². The quantitative estimate of drug-likeness (QED) is 0.816. The van der Waals surface area contributed by atoms with Gasteiger partial charge in [0.2, 0.25) is 0 Å². The molecule has 3 rings (SSSR count). The van der Waals surface area contributed by atoms with Crippen LogP contribution in [0.1, 0.15) is 24.5 Å². The number of hydrogen-bond donors (Lipinski definition) is 1. The van der Waals surface area contributed by atoms with Crippen molar-refractivity contribution >= 4 is 17.4 Å². The summed E-state index contributed by atoms with van der Waals surface area (Å²) in [6.45, 7) is 4.82. The first-order valence-electron chi connectivity index (χ1n) is 9.34. The number of carbonyl (C=O) groups excluding carboxylic acids is 1. The predicted molar refractivity (Wildman–Crippen MR) is 106 cm³/mol. The molecule has 1 saturated heterocycles. The lowest BCUT2D eigenvalue weighted by molar-refractivity contribution is -0.137. The molecule has 1 aliphatic heterocycles. The smallest absolute Gasteiger partial charge is 0.305 e. The van der Waals surface area contributed by atoms with Gasteiger partial charge in [0.25, 0.3) is 0 Å². The molecular weight excluding hydrogens is 340 g/mol. The summed E-state index contributed by atoms with van der Waals surface area (Å²) in [5.74, 6) is -0.638. The number of carboxylic acid groups (broad SMARTS) is 1. The Bertz CT molecular complexity index is 774. The largest absolute Gasteiger partial charge is 0.481 e. The van der Waals surface area contributed by atoms with E-state index < -0.39 is 5.97 Å². The Morgan fingerprint density at radius 3 is 2.33 bits per heavy atom. The van der Waals surface area contributed by atoms with Crippen LogP contribution >= 0.6 is 0 Å². The fourth-order valence-corrected chi connectivity index (χ4v) is 3.71. The normalized spacial score (nSPS) is 17.7. The summed E-state index contributed by atoms with van der Waals surface area (Å²) >= 11 is 0. The van der Waals surface area contributed by atoms with E-state index in [-0.39, 0.29) is 18.2 Å². The molecule has 5 heteroatoms. The lowest BCUT2D eigenvalue weighted by Gasteiger charge is -2.42. The number of rotatable bonds is 7. The van der Waals surface area contributed by atoms with Crippen LogP contribution < -0.4 is 4.90 Å². The van der Waals surface area contributed by atoms with Crippen molar-refractivity contribution in [2.45, 2.75) is 32.4 Å². The van der Waals surface area contributed by atoms with E-state index in [2.05, 4.69) is 21.9 Å². The second kappa shape index (κ2) is 8.82. The molecule has 2 aromatic carbocycles. The van der Waals surface area contributed by atoms with Gasteiger partial charge in [0.1, 0.15) is 5.78 Å². The van der Waals surface area contributed by atoms with E-state index >= 15 is 0 Å². The van der Waals surface area contributed by atoms with Gasteiger partial charge in [-0.15, -0.1) is 0 Å². The van der Waals surface area contributed by atoms with Gasteiger partial charge in [-0.05, 0) is 30.2 Å². The van der Waals surface area contributed by atoms with Crippen LogP contribution in [0.5, 0.6) is 0 Å². The van der Waals surface area contributed by atoms with Crippen molar-refractivity contribution in [1.29, 1.82) is 0 Å². The highest BCUT2D eigenvalue weighted by molar-refractivity contribution is 5.78. The number of benzene rings is 2. The first-order valence-corrected chi connectivity index (χ1v) is 9.34. The van der Waals surface area contributed by atoms with E-state index in [9.17, 15) is 14.7 Å². The van der Waals surface area contributed by atoms with Crippen LogP contribution in [0, 0.1) is 0 Å². The molecule has 2 aromatic rings. The van der Waals surface area contributed by atoms with Gasteiger partial charge in [-0.1, -0.05) is 42.5 Å². The molecule has 1 heterocycles. The van der Waals surface area contributed by atoms with Crippen LogP contribution in [0.15, 0.2) is 54.6 Å². The van der Waals surface area contributed by atoms with Crippen molar-refractivity contribution < 1.29 is 14.7 Å². The number of carboxylic acids is 1. The Morgan fingerprint density at radius 1 is 1.00 bits per heavy atom. The maximum Gasteiger partial charge on any atom is 0.305 e. The summed E-state index contributed by atoms with van der Waals surface area (Å²) in [5.41, 5.74) is 3.25. The molecule has 1 fully saturated rings. The average Bonchev–Trinajstić information content (AvgIpc) is 2.63. The Kier molecular flexibility index (Phi) is 6.24. The number of hydrogen-bond acceptors (Lipinski definition) is 4. The molecule has 142 valence electrons. The highest BCUT2D eigenvalue weighted by Gasteiger charge is 2.29. The third kappa shape index (κ3) is 5.41. The third-order valence-electron chi connectivity index (χ3n) is 4.95. The molecule has 1 atom stereocenters. The van der Waals surface area contributed by atoms with Gasteiger partial charge in [0.15, 0.2) is 0 Å². The summed E-state index contributed by atoms with van der Waals surface area (Å²) < 4.78 is 0. The van der Waals surface area contributed by atoms with E-state index in [1.54, 1.807) is 6.92 Å². The minimum Gasteiger partial charge on any atom is -0.481 e. The number of piperazine rings is 1. The Hall–Kier alpha value is -2.66. The van der Waals surface area contributed by atoms with Crippen LogP contribution in [0.3, 0.4) is 0 Å². The molecule has 5 nitrogen and oxygen atoms in total. The van der Waals surface area contributed by atoms with Crippen LogP contribution in [-0.2, 0) is 22.6 Å². The van der Waals surface area contributed by atoms with Crippen molar-refractivity contribution in [2.24, 2.45) is 0 Å². The SMILES string of the molecule is CC(=O)Cc1ccc(N2CCN(Cc3ccccc3)CC2CC(=O)O)cc1.